The van der Waals surface area contributed by atoms with Gasteiger partial charge in [0.2, 0.25) is 0 Å². The molecule has 224 valence electrons. The number of β-amino-alcohol motifs (C(OH)–C–C–N with tert-alkyl or cyclic N) is 1. The maximum atomic E-state index is 13.5. The van der Waals surface area contributed by atoms with Crippen LogP contribution >= 0.6 is 0 Å². The number of alkyl halides is 6. The van der Waals surface area contributed by atoms with E-state index < -0.39 is 55.6 Å². The number of amides is 1. The summed E-state index contributed by atoms with van der Waals surface area (Å²) < 4.78 is 96.2. The van der Waals surface area contributed by atoms with Crippen molar-refractivity contribution in [3.05, 3.63) is 36.0 Å². The van der Waals surface area contributed by atoms with Gasteiger partial charge >= 0.3 is 13.2 Å². The first kappa shape index (κ1) is 29.0. The molecule has 0 bridgehead atoms. The van der Waals surface area contributed by atoms with Crippen LogP contribution in [0.15, 0.2) is 30.5 Å². The van der Waals surface area contributed by atoms with Crippen molar-refractivity contribution in [1.82, 2.24) is 29.7 Å². The van der Waals surface area contributed by atoms with Gasteiger partial charge in [-0.1, -0.05) is 0 Å². The average molecular weight is 600 g/mol. The second-order valence-corrected chi connectivity index (χ2v) is 9.43. The van der Waals surface area contributed by atoms with Gasteiger partial charge in [-0.15, -0.1) is 0 Å². The van der Waals surface area contributed by atoms with Crippen LogP contribution in [0, 0.1) is 0 Å². The van der Waals surface area contributed by atoms with E-state index in [0.717, 1.165) is 18.1 Å². The molecule has 2 aromatic carbocycles. The molecule has 1 amide bonds. The number of rotatable bonds is 9. The fraction of sp³-hybridized carbons (Fsp3) is 0.360. The third kappa shape index (κ3) is 5.15. The van der Waals surface area contributed by atoms with E-state index in [1.165, 1.54) is 34.9 Å². The summed E-state index contributed by atoms with van der Waals surface area (Å²) in [6.07, 6.45) is -1.73. The Labute approximate surface area is 232 Å². The molecule has 3 heterocycles. The average Bonchev–Trinajstić information content (AvgIpc) is 3.47. The van der Waals surface area contributed by atoms with Crippen molar-refractivity contribution in [3.63, 3.8) is 0 Å². The lowest BCUT2D eigenvalue weighted by molar-refractivity contribution is -0.166. The number of aryl methyl sites for hydroxylation is 2. The molecule has 17 heteroatoms. The number of benzene rings is 2. The molecule has 2 aromatic heterocycles. The smallest absolute Gasteiger partial charge is 0.387 e. The SMILES string of the molecule is COc1cc(-c2c3c(OC(F)F)cc(-c4cnn(C)n4)cc3nn2C)cc(OC(F)F)c1C(=O)N1CC(O)(C(F)F)C1. The summed E-state index contributed by atoms with van der Waals surface area (Å²) in [6, 6.07) is 5.13. The zero-order valence-electron chi connectivity index (χ0n) is 22.1. The molecule has 1 N–H and O–H groups in total. The monoisotopic (exact) mass is 600 g/mol. The van der Waals surface area contributed by atoms with Crippen LogP contribution in [0.4, 0.5) is 26.3 Å². The predicted molar refractivity (Wildman–Crippen MR) is 133 cm³/mol. The van der Waals surface area contributed by atoms with Crippen LogP contribution in [-0.2, 0) is 14.1 Å². The Balaban J connectivity index is 1.67. The van der Waals surface area contributed by atoms with Gasteiger partial charge in [0.15, 0.2) is 5.60 Å². The minimum Gasteiger partial charge on any atom is -0.496 e. The Kier molecular flexibility index (Phi) is 7.38. The van der Waals surface area contributed by atoms with Crippen molar-refractivity contribution in [2.45, 2.75) is 25.2 Å². The Bertz CT molecular complexity index is 1650. The molecule has 0 atom stereocenters. The number of fused-ring (bicyclic) bond motifs is 1. The Morgan fingerprint density at radius 2 is 1.55 bits per heavy atom. The summed E-state index contributed by atoms with van der Waals surface area (Å²) in [7, 11) is 4.17. The van der Waals surface area contributed by atoms with Crippen molar-refractivity contribution in [3.8, 4) is 39.8 Å². The number of halogens is 6. The minimum absolute atomic E-state index is 0.0584. The van der Waals surface area contributed by atoms with Crippen LogP contribution in [-0.4, -0.2) is 86.1 Å². The fourth-order valence-corrected chi connectivity index (χ4v) is 4.78. The third-order valence-corrected chi connectivity index (χ3v) is 6.62. The number of aromatic nitrogens is 5. The van der Waals surface area contributed by atoms with Crippen LogP contribution in [0.3, 0.4) is 0 Å². The van der Waals surface area contributed by atoms with E-state index in [9.17, 15) is 36.2 Å². The summed E-state index contributed by atoms with van der Waals surface area (Å²) in [6.45, 7) is -8.16. The fourth-order valence-electron chi connectivity index (χ4n) is 4.78. The molecule has 11 nitrogen and oxygen atoms in total. The van der Waals surface area contributed by atoms with E-state index in [-0.39, 0.29) is 33.7 Å². The number of methoxy groups -OCH3 is 1. The van der Waals surface area contributed by atoms with E-state index >= 15 is 0 Å². The van der Waals surface area contributed by atoms with Crippen molar-refractivity contribution in [2.24, 2.45) is 14.1 Å². The summed E-state index contributed by atoms with van der Waals surface area (Å²) in [4.78, 5) is 15.3. The van der Waals surface area contributed by atoms with E-state index in [4.69, 9.17) is 9.47 Å². The first-order valence-corrected chi connectivity index (χ1v) is 12.1. The zero-order chi connectivity index (χ0) is 30.5. The Morgan fingerprint density at radius 3 is 2.12 bits per heavy atom. The number of hydrogen-bond donors (Lipinski definition) is 1. The lowest BCUT2D eigenvalue weighted by atomic mass is 9.93. The summed E-state index contributed by atoms with van der Waals surface area (Å²) in [5.41, 5.74) is -1.92. The molecule has 1 saturated heterocycles. The molecule has 1 aliphatic heterocycles. The van der Waals surface area contributed by atoms with E-state index in [1.54, 1.807) is 13.1 Å². The van der Waals surface area contributed by atoms with Crippen LogP contribution < -0.4 is 14.2 Å². The normalized spacial score (nSPS) is 14.6. The van der Waals surface area contributed by atoms with Gasteiger partial charge < -0.3 is 24.2 Å². The van der Waals surface area contributed by atoms with Crippen molar-refractivity contribution < 1.29 is 50.5 Å². The number of ether oxygens (including phenoxy) is 3. The predicted octanol–water partition coefficient (Wildman–Crippen LogP) is 3.70. The standard InChI is InChI=1S/C25H22F6N6O5/c1-35-20(18-13(33-35)4-11(5-16(18)41-23(28)29)14-8-32-36(2)34-14)12-6-15(40-3)19(17(7-12)42-24(30)31)21(38)37-9-25(39,10-37)22(26)27/h4-8,22-24,39H,9-10H2,1-3H3. The van der Waals surface area contributed by atoms with Gasteiger partial charge in [-0.2, -0.15) is 37.7 Å². The number of hydrogen-bond acceptors (Lipinski definition) is 8. The molecule has 0 aliphatic carbocycles. The third-order valence-electron chi connectivity index (χ3n) is 6.62. The summed E-state index contributed by atoms with van der Waals surface area (Å²) >= 11 is 0. The largest absolute Gasteiger partial charge is 0.496 e. The van der Waals surface area contributed by atoms with E-state index in [2.05, 4.69) is 20.0 Å². The number of nitrogens with zero attached hydrogens (tertiary/aromatic N) is 6. The van der Waals surface area contributed by atoms with Gasteiger partial charge in [-0.05, 0) is 24.3 Å². The van der Waals surface area contributed by atoms with Crippen LogP contribution in [0.25, 0.3) is 33.4 Å². The van der Waals surface area contributed by atoms with Crippen molar-refractivity contribution >= 4 is 16.8 Å². The second kappa shape index (κ2) is 10.7. The molecule has 1 fully saturated rings. The maximum absolute atomic E-state index is 13.5. The molecule has 42 heavy (non-hydrogen) atoms. The lowest BCUT2D eigenvalue weighted by Crippen LogP contribution is -2.67. The first-order chi connectivity index (χ1) is 19.8. The highest BCUT2D eigenvalue weighted by atomic mass is 19.3. The second-order valence-electron chi connectivity index (χ2n) is 9.43. The lowest BCUT2D eigenvalue weighted by Gasteiger charge is -2.45. The Hall–Kier alpha value is -4.54. The number of carbonyl (C=O) groups excluding carboxylic acids is 1. The van der Waals surface area contributed by atoms with Crippen LogP contribution in [0.5, 0.6) is 17.2 Å². The molecule has 4 aromatic rings. The number of likely N-dealkylation sites (tertiary alicyclic amines) is 1. The molecular formula is C25H22F6N6O5. The van der Waals surface area contributed by atoms with Gasteiger partial charge in [-0.25, -0.2) is 8.78 Å². The molecule has 0 unspecified atom stereocenters. The highest BCUT2D eigenvalue weighted by Gasteiger charge is 2.51. The molecule has 0 saturated carbocycles. The van der Waals surface area contributed by atoms with Gasteiger partial charge in [0, 0.05) is 25.2 Å². The maximum Gasteiger partial charge on any atom is 0.387 e. The zero-order valence-corrected chi connectivity index (χ0v) is 22.1. The summed E-state index contributed by atoms with van der Waals surface area (Å²) in [5.74, 6) is -2.29. The van der Waals surface area contributed by atoms with E-state index in [1.807, 2.05) is 0 Å². The topological polar surface area (TPSA) is 117 Å². The van der Waals surface area contributed by atoms with Gasteiger partial charge in [0.1, 0.15) is 28.5 Å². The Morgan fingerprint density at radius 1 is 0.929 bits per heavy atom. The van der Waals surface area contributed by atoms with Gasteiger partial charge in [0.25, 0.3) is 12.3 Å². The van der Waals surface area contributed by atoms with E-state index in [0.29, 0.717) is 11.3 Å². The van der Waals surface area contributed by atoms with Crippen LogP contribution in [0.1, 0.15) is 10.4 Å². The highest BCUT2D eigenvalue weighted by molar-refractivity contribution is 6.04. The van der Waals surface area contributed by atoms with Crippen molar-refractivity contribution in [1.29, 1.82) is 0 Å². The molecular weight excluding hydrogens is 578 g/mol. The molecule has 5 rings (SSSR count). The minimum atomic E-state index is -3.42. The molecule has 1 aliphatic rings. The van der Waals surface area contributed by atoms with Gasteiger partial charge in [-0.3, -0.25) is 9.48 Å². The molecule has 0 spiro atoms. The van der Waals surface area contributed by atoms with Crippen molar-refractivity contribution in [2.75, 3.05) is 20.2 Å². The summed E-state index contributed by atoms with van der Waals surface area (Å²) in [5, 5.41) is 22.4. The van der Waals surface area contributed by atoms with Gasteiger partial charge in [0.05, 0.1) is 43.0 Å². The number of carbonyl (C=O) groups is 1. The number of aliphatic hydroxyl groups is 1. The van der Waals surface area contributed by atoms with Crippen LogP contribution in [0.2, 0.25) is 0 Å². The first-order valence-electron chi connectivity index (χ1n) is 12.1. The molecule has 0 radical (unpaired) electrons. The quantitative estimate of drug-likeness (QED) is 0.289. The highest BCUT2D eigenvalue weighted by Crippen LogP contribution is 2.43.